The van der Waals surface area contributed by atoms with Crippen molar-refractivity contribution in [2.75, 3.05) is 13.1 Å². The largest absolute Gasteiger partial charge is 0.370 e. The Balaban J connectivity index is 2.13. The molecule has 0 atom stereocenters. The van der Waals surface area contributed by atoms with E-state index in [-0.39, 0.29) is 16.5 Å². The monoisotopic (exact) mass is 420 g/mol. The van der Waals surface area contributed by atoms with Crippen molar-refractivity contribution in [3.8, 4) is 0 Å². The van der Waals surface area contributed by atoms with Crippen LogP contribution >= 0.6 is 11.6 Å². The van der Waals surface area contributed by atoms with Crippen LogP contribution in [-0.4, -0.2) is 32.9 Å². The zero-order valence-electron chi connectivity index (χ0n) is 16.6. The van der Waals surface area contributed by atoms with Crippen LogP contribution in [0.3, 0.4) is 0 Å². The molecule has 0 radical (unpaired) electrons. The molecule has 7 heteroatoms. The number of hydrogen-bond acceptors (Lipinski definition) is 5. The van der Waals surface area contributed by atoms with Gasteiger partial charge in [0.1, 0.15) is 5.82 Å². The summed E-state index contributed by atoms with van der Waals surface area (Å²) in [6.45, 7) is 3.46. The van der Waals surface area contributed by atoms with Gasteiger partial charge in [-0.05, 0) is 30.9 Å². The Hall–Kier alpha value is -3.25. The molecule has 0 aliphatic carbocycles. The van der Waals surface area contributed by atoms with Gasteiger partial charge >= 0.3 is 5.69 Å². The lowest BCUT2D eigenvalue weighted by molar-refractivity contribution is -0.385. The highest BCUT2D eigenvalue weighted by Gasteiger charge is 2.31. The molecule has 2 aromatic carbocycles. The maximum absolute atomic E-state index is 12.0. The third-order valence-electron chi connectivity index (χ3n) is 5.14. The summed E-state index contributed by atoms with van der Waals surface area (Å²) in [5, 5.41) is 11.8. The third kappa shape index (κ3) is 3.91. The van der Waals surface area contributed by atoms with E-state index in [9.17, 15) is 10.1 Å². The first kappa shape index (κ1) is 20.0. The Labute approximate surface area is 180 Å². The van der Waals surface area contributed by atoms with Crippen molar-refractivity contribution in [3.63, 3.8) is 0 Å². The summed E-state index contributed by atoms with van der Waals surface area (Å²) in [4.78, 5) is 22.3. The van der Waals surface area contributed by atoms with Crippen molar-refractivity contribution in [2.24, 2.45) is 0 Å². The predicted molar refractivity (Wildman–Crippen MR) is 118 cm³/mol. The topological polar surface area (TPSA) is 72.2 Å². The van der Waals surface area contributed by atoms with Crippen molar-refractivity contribution in [1.29, 1.82) is 0 Å². The summed E-state index contributed by atoms with van der Waals surface area (Å²) >= 11 is 6.24. The molecule has 0 N–H and O–H groups in total. The van der Waals surface area contributed by atoms with E-state index >= 15 is 0 Å². The number of likely N-dealkylation sites (tertiary alicyclic amines) is 1. The highest BCUT2D eigenvalue weighted by molar-refractivity contribution is 6.31. The summed E-state index contributed by atoms with van der Waals surface area (Å²) in [5.74, 6) is 0.392. The molecule has 1 aliphatic rings. The van der Waals surface area contributed by atoms with Gasteiger partial charge in [0, 0.05) is 18.7 Å². The average Bonchev–Trinajstić information content (AvgIpc) is 3.26. The number of benzene rings is 2. The molecule has 1 saturated heterocycles. The molecule has 30 heavy (non-hydrogen) atoms. The Morgan fingerprint density at radius 3 is 2.10 bits per heavy atom. The molecule has 1 aromatic heterocycles. The Morgan fingerprint density at radius 1 is 0.967 bits per heavy atom. The normalized spacial score (nSPS) is 14.5. The second-order valence-electron chi connectivity index (χ2n) is 7.17. The highest BCUT2D eigenvalue weighted by Crippen LogP contribution is 2.40. The van der Waals surface area contributed by atoms with Crippen LogP contribution in [0.2, 0.25) is 5.15 Å². The summed E-state index contributed by atoms with van der Waals surface area (Å²) in [7, 11) is 0. The molecule has 6 nitrogen and oxygen atoms in total. The summed E-state index contributed by atoms with van der Waals surface area (Å²) < 4.78 is 0. The van der Waals surface area contributed by atoms with Gasteiger partial charge in [0.2, 0.25) is 5.15 Å². The summed E-state index contributed by atoms with van der Waals surface area (Å²) in [5.41, 5.74) is 3.43. The number of aromatic nitrogens is 2. The van der Waals surface area contributed by atoms with Gasteiger partial charge in [-0.15, -0.1) is 0 Å². The number of rotatable bonds is 5. The minimum atomic E-state index is -0.493. The first-order valence-electron chi connectivity index (χ1n) is 9.85. The summed E-state index contributed by atoms with van der Waals surface area (Å²) in [6.07, 6.45) is 2.15. The van der Waals surface area contributed by atoms with Gasteiger partial charge in [-0.1, -0.05) is 72.3 Å². The number of nitrogens with zero attached hydrogens (tertiary/aromatic N) is 4. The molecule has 0 bridgehead atoms. The van der Waals surface area contributed by atoms with Crippen molar-refractivity contribution in [2.45, 2.75) is 19.8 Å². The lowest BCUT2D eigenvalue weighted by Crippen LogP contribution is -2.20. The van der Waals surface area contributed by atoms with Crippen LogP contribution in [0.5, 0.6) is 0 Å². The molecule has 0 saturated carbocycles. The molecule has 2 heterocycles. The quantitative estimate of drug-likeness (QED) is 0.240. The fourth-order valence-electron chi connectivity index (χ4n) is 3.88. The minimum absolute atomic E-state index is 0.148. The Bertz CT molecular complexity index is 1090. The van der Waals surface area contributed by atoms with Gasteiger partial charge in [0.05, 0.1) is 10.6 Å². The van der Waals surface area contributed by atoms with E-state index in [1.807, 2.05) is 60.7 Å². The average molecular weight is 421 g/mol. The van der Waals surface area contributed by atoms with Crippen LogP contribution in [0.15, 0.2) is 60.7 Å². The van der Waals surface area contributed by atoms with E-state index in [0.717, 1.165) is 42.8 Å². The van der Waals surface area contributed by atoms with Gasteiger partial charge in [0.25, 0.3) is 0 Å². The zero-order valence-corrected chi connectivity index (χ0v) is 17.3. The fourth-order valence-corrected chi connectivity index (χ4v) is 4.16. The van der Waals surface area contributed by atoms with Gasteiger partial charge in [-0.2, -0.15) is 0 Å². The van der Waals surface area contributed by atoms with E-state index in [1.165, 1.54) is 0 Å². The van der Waals surface area contributed by atoms with E-state index < -0.39 is 4.92 Å². The highest BCUT2D eigenvalue weighted by atomic mass is 35.5. The third-order valence-corrected chi connectivity index (χ3v) is 5.40. The zero-order chi connectivity index (χ0) is 21.1. The van der Waals surface area contributed by atoms with Crippen LogP contribution in [0.25, 0.3) is 11.3 Å². The van der Waals surface area contributed by atoms with Crippen molar-refractivity contribution >= 4 is 28.6 Å². The molecule has 3 aromatic rings. The van der Waals surface area contributed by atoms with Crippen LogP contribution in [0, 0.1) is 17.0 Å². The number of aryl methyl sites for hydroxylation is 1. The minimum Gasteiger partial charge on any atom is -0.370 e. The maximum atomic E-state index is 12.0. The molecule has 0 spiro atoms. The first-order valence-corrected chi connectivity index (χ1v) is 10.2. The molecule has 1 fully saturated rings. The molecule has 1 aliphatic heterocycles. The number of nitro groups is 1. The Morgan fingerprint density at radius 2 is 1.53 bits per heavy atom. The van der Waals surface area contributed by atoms with Crippen molar-refractivity contribution in [1.82, 2.24) is 14.9 Å². The van der Waals surface area contributed by atoms with Gasteiger partial charge < -0.3 is 4.90 Å². The van der Waals surface area contributed by atoms with Crippen LogP contribution < -0.4 is 0 Å². The van der Waals surface area contributed by atoms with E-state index in [0.29, 0.717) is 11.4 Å². The standard InChI is InChI=1S/C23H21ClN4O2/c1-16-25-20(22(28(29)30)23(24)26-16)19(17-10-4-2-5-11-17)21(27-14-8-9-15-27)18-12-6-3-7-13-18/h2-7,10-13H,8-9,14-15H2,1H3/b21-19-. The predicted octanol–water partition coefficient (Wildman–Crippen LogP) is 5.36. The number of hydrogen-bond donors (Lipinski definition) is 0. The van der Waals surface area contributed by atoms with E-state index in [2.05, 4.69) is 14.9 Å². The maximum Gasteiger partial charge on any atom is 0.332 e. The molecular formula is C23H21ClN4O2. The number of halogens is 1. The van der Waals surface area contributed by atoms with Crippen LogP contribution in [-0.2, 0) is 0 Å². The van der Waals surface area contributed by atoms with Crippen LogP contribution in [0.1, 0.15) is 35.5 Å². The fraction of sp³-hybridized carbons (Fsp3) is 0.217. The smallest absolute Gasteiger partial charge is 0.332 e. The SMILES string of the molecule is Cc1nc(Cl)c([N+](=O)[O-])c(/C(=C(/c2ccccc2)N2CCCC2)c2ccccc2)n1. The second kappa shape index (κ2) is 8.63. The van der Waals surface area contributed by atoms with Gasteiger partial charge in [-0.3, -0.25) is 10.1 Å². The molecule has 4 rings (SSSR count). The molecule has 0 amide bonds. The van der Waals surface area contributed by atoms with Gasteiger partial charge in [0.15, 0.2) is 5.69 Å². The van der Waals surface area contributed by atoms with E-state index in [1.54, 1.807) is 6.92 Å². The molecule has 152 valence electrons. The summed E-state index contributed by atoms with van der Waals surface area (Å²) in [6, 6.07) is 19.6. The second-order valence-corrected chi connectivity index (χ2v) is 7.52. The van der Waals surface area contributed by atoms with Crippen molar-refractivity contribution in [3.05, 3.63) is 98.6 Å². The van der Waals surface area contributed by atoms with Gasteiger partial charge in [-0.25, -0.2) is 9.97 Å². The van der Waals surface area contributed by atoms with Crippen LogP contribution in [0.4, 0.5) is 5.69 Å². The van der Waals surface area contributed by atoms with E-state index in [4.69, 9.17) is 11.6 Å². The van der Waals surface area contributed by atoms with Crippen molar-refractivity contribution < 1.29 is 4.92 Å². The first-order chi connectivity index (χ1) is 14.6. The Kier molecular flexibility index (Phi) is 5.77. The lowest BCUT2D eigenvalue weighted by Gasteiger charge is -2.26. The molecule has 0 unspecified atom stereocenters. The lowest BCUT2D eigenvalue weighted by atomic mass is 9.94. The molecular weight excluding hydrogens is 400 g/mol.